The highest BCUT2D eigenvalue weighted by atomic mass is 127. The lowest BCUT2D eigenvalue weighted by molar-refractivity contribution is 0.810. The lowest BCUT2D eigenvalue weighted by Crippen LogP contribution is -1.86. The normalized spacial score (nSPS) is 9.75. The molecule has 0 aromatic rings. The third-order valence-electron chi connectivity index (χ3n) is 1.97. The lowest BCUT2D eigenvalue weighted by atomic mass is 10.1. The van der Waals surface area contributed by atoms with Crippen LogP contribution >= 0.6 is 38.5 Å². The van der Waals surface area contributed by atoms with Crippen LogP contribution in [-0.4, -0.2) is 0 Å². The van der Waals surface area contributed by atoms with Gasteiger partial charge in [0.15, 0.2) is 0 Å². The van der Waals surface area contributed by atoms with E-state index in [9.17, 15) is 0 Å². The van der Waals surface area contributed by atoms with Gasteiger partial charge >= 0.3 is 0 Å². The lowest BCUT2D eigenvalue weighted by Gasteiger charge is -2.03. The van der Waals surface area contributed by atoms with Gasteiger partial charge in [0, 0.05) is 0 Å². The summed E-state index contributed by atoms with van der Waals surface area (Å²) in [6, 6.07) is 0. The van der Waals surface area contributed by atoms with Crippen LogP contribution in [-0.2, 0) is 0 Å². The van der Waals surface area contributed by atoms with Crippen LogP contribution in [0.1, 0.15) is 55.4 Å². The highest BCUT2D eigenvalue weighted by molar-refractivity contribution is 14.1. The first kappa shape index (κ1) is 19.0. The Morgan fingerprint density at radius 3 is 1.19 bits per heavy atom. The monoisotopic (exact) mass is 400 g/mol. The molecular formula is C14H26BrI. The summed E-state index contributed by atoms with van der Waals surface area (Å²) < 4.78 is 2.82. The molecule has 0 radical (unpaired) electrons. The molecular weight excluding hydrogens is 375 g/mol. The van der Waals surface area contributed by atoms with Gasteiger partial charge in [-0.2, -0.15) is 0 Å². The number of hydrogen-bond donors (Lipinski definition) is 0. The van der Waals surface area contributed by atoms with Gasteiger partial charge in [0.25, 0.3) is 0 Å². The van der Waals surface area contributed by atoms with E-state index in [0.717, 1.165) is 0 Å². The summed E-state index contributed by atoms with van der Waals surface area (Å²) in [6.07, 6.45) is 0. The van der Waals surface area contributed by atoms with Gasteiger partial charge in [-0.1, -0.05) is 54.8 Å². The Hall–Kier alpha value is 0.690. The molecule has 0 aromatic carbocycles. The molecule has 0 N–H and O–H groups in total. The Bertz CT molecular complexity index is 224. The van der Waals surface area contributed by atoms with E-state index < -0.39 is 0 Å². The summed E-state index contributed by atoms with van der Waals surface area (Å²) in [6.45, 7) is 17.3. The van der Waals surface area contributed by atoms with Crippen molar-refractivity contribution in [1.29, 1.82) is 0 Å². The molecule has 0 atom stereocenters. The fourth-order valence-electron chi connectivity index (χ4n) is 1.15. The topological polar surface area (TPSA) is 0 Å². The summed E-state index contributed by atoms with van der Waals surface area (Å²) in [7, 11) is 0. The van der Waals surface area contributed by atoms with E-state index in [4.69, 9.17) is 0 Å². The Labute approximate surface area is 124 Å². The fourth-order valence-corrected chi connectivity index (χ4v) is 1.15. The molecule has 16 heavy (non-hydrogen) atoms. The van der Waals surface area contributed by atoms with Crippen LogP contribution in [0.15, 0.2) is 19.2 Å². The van der Waals surface area contributed by atoms with E-state index in [1.807, 2.05) is 0 Å². The quantitative estimate of drug-likeness (QED) is 0.452. The Kier molecular flexibility index (Phi) is 11.5. The average molecular weight is 401 g/mol. The zero-order valence-electron chi connectivity index (χ0n) is 11.9. The standard InChI is InChI=1S/C7H13Br.C7H13I/c2*1-5(2)7(8)6(3)4/h2*5H,1-4H3. The van der Waals surface area contributed by atoms with E-state index >= 15 is 0 Å². The number of rotatable bonds is 2. The van der Waals surface area contributed by atoms with Gasteiger partial charge in [-0.05, 0) is 70.2 Å². The van der Waals surface area contributed by atoms with Gasteiger partial charge < -0.3 is 0 Å². The van der Waals surface area contributed by atoms with Gasteiger partial charge in [0.2, 0.25) is 0 Å². The van der Waals surface area contributed by atoms with Crippen molar-refractivity contribution in [2.24, 2.45) is 11.8 Å². The van der Waals surface area contributed by atoms with Crippen molar-refractivity contribution >= 4 is 38.5 Å². The van der Waals surface area contributed by atoms with Gasteiger partial charge in [-0.25, -0.2) is 0 Å². The molecule has 0 aliphatic rings. The molecule has 0 saturated carbocycles. The second-order valence-corrected chi connectivity index (χ2v) is 7.02. The summed E-state index contributed by atoms with van der Waals surface area (Å²) in [5, 5.41) is 0. The van der Waals surface area contributed by atoms with Crippen LogP contribution in [0, 0.1) is 11.8 Å². The maximum atomic E-state index is 3.49. The van der Waals surface area contributed by atoms with Crippen LogP contribution in [0.25, 0.3) is 0 Å². The Balaban J connectivity index is 0. The van der Waals surface area contributed by atoms with E-state index in [0.29, 0.717) is 11.8 Å². The van der Waals surface area contributed by atoms with Gasteiger partial charge in [0.1, 0.15) is 0 Å². The van der Waals surface area contributed by atoms with Gasteiger partial charge in [0.05, 0.1) is 0 Å². The highest BCUT2D eigenvalue weighted by Gasteiger charge is 1.98. The van der Waals surface area contributed by atoms with Crippen LogP contribution in [0.4, 0.5) is 0 Å². The zero-order valence-corrected chi connectivity index (χ0v) is 15.7. The minimum Gasteiger partial charge on any atom is -0.0669 e. The first-order chi connectivity index (χ1) is 7.11. The largest absolute Gasteiger partial charge is 0.0669 e. The zero-order chi connectivity index (χ0) is 13.5. The second-order valence-electron chi connectivity index (χ2n) is 5.01. The third-order valence-corrected chi connectivity index (χ3v) is 6.00. The van der Waals surface area contributed by atoms with Gasteiger partial charge in [-0.15, -0.1) is 0 Å². The maximum absolute atomic E-state index is 3.49. The molecule has 0 saturated heterocycles. The number of halogens is 2. The molecule has 0 aliphatic carbocycles. The molecule has 0 aromatic heterocycles. The van der Waals surface area contributed by atoms with Gasteiger partial charge in [-0.3, -0.25) is 0 Å². The van der Waals surface area contributed by atoms with Crippen molar-refractivity contribution < 1.29 is 0 Å². The average Bonchev–Trinajstić information content (AvgIpc) is 2.15. The van der Waals surface area contributed by atoms with Crippen molar-refractivity contribution in [2.45, 2.75) is 55.4 Å². The fraction of sp³-hybridized carbons (Fsp3) is 0.714. The molecule has 0 spiro atoms. The number of allylic oxidation sites excluding steroid dienone is 4. The predicted molar refractivity (Wildman–Crippen MR) is 89.4 cm³/mol. The van der Waals surface area contributed by atoms with Crippen LogP contribution < -0.4 is 0 Å². The molecule has 0 fully saturated rings. The molecule has 0 amide bonds. The predicted octanol–water partition coefficient (Wildman–Crippen LogP) is 6.70. The maximum Gasteiger partial charge on any atom is -0.00374 e. The van der Waals surface area contributed by atoms with Crippen molar-refractivity contribution in [2.75, 3.05) is 0 Å². The van der Waals surface area contributed by atoms with E-state index in [1.54, 1.807) is 0 Å². The summed E-state index contributed by atoms with van der Waals surface area (Å²) in [5.74, 6) is 1.35. The molecule has 0 aliphatic heterocycles. The minimum atomic E-state index is 0.639. The first-order valence-corrected chi connectivity index (χ1v) is 7.64. The Morgan fingerprint density at radius 2 is 1.19 bits per heavy atom. The van der Waals surface area contributed by atoms with Crippen molar-refractivity contribution in [3.05, 3.63) is 19.2 Å². The van der Waals surface area contributed by atoms with Crippen LogP contribution in [0.5, 0.6) is 0 Å². The molecule has 0 rings (SSSR count). The SMILES string of the molecule is CC(C)=C(Br)C(C)C.CC(C)=C(I)C(C)C. The van der Waals surface area contributed by atoms with Crippen molar-refractivity contribution in [1.82, 2.24) is 0 Å². The highest BCUT2D eigenvalue weighted by Crippen LogP contribution is 2.21. The Morgan fingerprint density at radius 1 is 0.812 bits per heavy atom. The molecule has 0 unspecified atom stereocenters. The van der Waals surface area contributed by atoms with E-state index in [-0.39, 0.29) is 0 Å². The molecule has 0 nitrogen and oxygen atoms in total. The summed E-state index contributed by atoms with van der Waals surface area (Å²) >= 11 is 5.89. The molecule has 2 heteroatoms. The molecule has 96 valence electrons. The van der Waals surface area contributed by atoms with Crippen LogP contribution in [0.3, 0.4) is 0 Å². The van der Waals surface area contributed by atoms with Crippen molar-refractivity contribution in [3.63, 3.8) is 0 Å². The summed E-state index contributed by atoms with van der Waals surface area (Å²) in [5.41, 5.74) is 2.82. The first-order valence-electron chi connectivity index (χ1n) is 5.76. The second kappa shape index (κ2) is 9.69. The minimum absolute atomic E-state index is 0.639. The molecule has 0 bridgehead atoms. The number of hydrogen-bond acceptors (Lipinski definition) is 0. The van der Waals surface area contributed by atoms with Crippen molar-refractivity contribution in [3.8, 4) is 0 Å². The van der Waals surface area contributed by atoms with E-state index in [2.05, 4.69) is 93.9 Å². The third kappa shape index (κ3) is 9.88. The molecule has 0 heterocycles. The van der Waals surface area contributed by atoms with E-state index in [1.165, 1.54) is 19.2 Å². The van der Waals surface area contributed by atoms with Crippen LogP contribution in [0.2, 0.25) is 0 Å². The smallest absolute Gasteiger partial charge is 0.00374 e. The summed E-state index contributed by atoms with van der Waals surface area (Å²) in [4.78, 5) is 0.